The van der Waals surface area contributed by atoms with Crippen molar-refractivity contribution >= 4 is 39.7 Å². The maximum Gasteiger partial charge on any atom is 0.249 e. The molecule has 0 radical (unpaired) electrons. The molecular weight excluding hydrogens is 360 g/mol. The molecule has 4 rings (SSSR count). The molecule has 0 unspecified atom stereocenters. The predicted molar refractivity (Wildman–Crippen MR) is 97.9 cm³/mol. The number of rotatable bonds is 4. The lowest BCUT2D eigenvalue weighted by Crippen LogP contribution is -1.99. The molecule has 3 heterocycles. The number of aromatic nitrogens is 5. The number of nitrogens with zero attached hydrogens (tertiary/aromatic N) is 5. The van der Waals surface area contributed by atoms with Crippen molar-refractivity contribution in [2.75, 3.05) is 12.4 Å². The summed E-state index contributed by atoms with van der Waals surface area (Å²) in [5.74, 6) is 1.80. The standard InChI is InChI=1S/C16H13ClN6OS/c1-9-6-13(19-14(17)18-9)20-15-21-16-23(22-15)12(8-25-16)10-4-3-5-11(7-10)24-2/h3-8H,1-2H3,(H,18,19,20,22). The Kier molecular flexibility index (Phi) is 3.98. The number of halogens is 1. The van der Waals surface area contributed by atoms with Gasteiger partial charge >= 0.3 is 0 Å². The zero-order chi connectivity index (χ0) is 17.4. The van der Waals surface area contributed by atoms with E-state index >= 15 is 0 Å². The van der Waals surface area contributed by atoms with Crippen LogP contribution in [0, 0.1) is 6.92 Å². The number of thiazole rings is 1. The van der Waals surface area contributed by atoms with Crippen LogP contribution in [0.5, 0.6) is 5.75 Å². The van der Waals surface area contributed by atoms with Crippen molar-refractivity contribution in [3.8, 4) is 17.0 Å². The second-order valence-corrected chi connectivity index (χ2v) is 6.45. The van der Waals surface area contributed by atoms with Gasteiger partial charge in [-0.25, -0.2) is 14.5 Å². The summed E-state index contributed by atoms with van der Waals surface area (Å²) in [6, 6.07) is 9.60. The summed E-state index contributed by atoms with van der Waals surface area (Å²) in [5, 5.41) is 9.78. The Morgan fingerprint density at radius 2 is 2.08 bits per heavy atom. The topological polar surface area (TPSA) is 77.2 Å². The largest absolute Gasteiger partial charge is 0.497 e. The third kappa shape index (κ3) is 3.13. The van der Waals surface area contributed by atoms with Crippen LogP contribution in [0.15, 0.2) is 35.7 Å². The molecule has 1 N–H and O–H groups in total. The SMILES string of the molecule is COc1cccc(-c2csc3nc(Nc4cc(C)nc(Cl)n4)nn23)c1. The Labute approximate surface area is 152 Å². The van der Waals surface area contributed by atoms with E-state index in [1.54, 1.807) is 17.7 Å². The lowest BCUT2D eigenvalue weighted by molar-refractivity contribution is 0.415. The lowest BCUT2D eigenvalue weighted by atomic mass is 10.2. The average Bonchev–Trinajstić information content (AvgIpc) is 3.13. The molecule has 7 nitrogen and oxygen atoms in total. The van der Waals surface area contributed by atoms with E-state index < -0.39 is 0 Å². The monoisotopic (exact) mass is 372 g/mol. The second-order valence-electron chi connectivity index (χ2n) is 5.27. The number of hydrogen-bond acceptors (Lipinski definition) is 7. The van der Waals surface area contributed by atoms with E-state index in [4.69, 9.17) is 16.3 Å². The van der Waals surface area contributed by atoms with Crippen LogP contribution in [-0.2, 0) is 0 Å². The van der Waals surface area contributed by atoms with E-state index in [-0.39, 0.29) is 5.28 Å². The van der Waals surface area contributed by atoms with Gasteiger partial charge in [0.05, 0.1) is 12.8 Å². The lowest BCUT2D eigenvalue weighted by Gasteiger charge is -2.03. The fourth-order valence-corrected chi connectivity index (χ4v) is 3.48. The Morgan fingerprint density at radius 1 is 1.20 bits per heavy atom. The summed E-state index contributed by atoms with van der Waals surface area (Å²) in [4.78, 5) is 13.4. The average molecular weight is 373 g/mol. The van der Waals surface area contributed by atoms with Crippen molar-refractivity contribution in [2.45, 2.75) is 6.92 Å². The molecule has 126 valence electrons. The van der Waals surface area contributed by atoms with Crippen LogP contribution < -0.4 is 10.1 Å². The number of hydrogen-bond donors (Lipinski definition) is 1. The summed E-state index contributed by atoms with van der Waals surface area (Å²) >= 11 is 7.40. The van der Waals surface area contributed by atoms with Gasteiger partial charge in [-0.1, -0.05) is 12.1 Å². The number of methoxy groups -OCH3 is 1. The number of ether oxygens (including phenoxy) is 1. The molecule has 4 aromatic rings. The summed E-state index contributed by atoms with van der Waals surface area (Å²) in [6.07, 6.45) is 0. The maximum absolute atomic E-state index is 5.89. The van der Waals surface area contributed by atoms with Gasteiger partial charge in [0.15, 0.2) is 0 Å². The minimum Gasteiger partial charge on any atom is -0.497 e. The molecule has 0 saturated carbocycles. The van der Waals surface area contributed by atoms with Crippen molar-refractivity contribution in [2.24, 2.45) is 0 Å². The molecule has 9 heteroatoms. The molecule has 25 heavy (non-hydrogen) atoms. The van der Waals surface area contributed by atoms with Crippen molar-refractivity contribution in [1.82, 2.24) is 24.6 Å². The minimum atomic E-state index is 0.181. The van der Waals surface area contributed by atoms with E-state index in [0.717, 1.165) is 27.7 Å². The minimum absolute atomic E-state index is 0.181. The van der Waals surface area contributed by atoms with Crippen LogP contribution in [-0.4, -0.2) is 31.7 Å². The molecule has 0 bridgehead atoms. The van der Waals surface area contributed by atoms with Gasteiger partial charge in [-0.05, 0) is 30.7 Å². The summed E-state index contributed by atoms with van der Waals surface area (Å²) < 4.78 is 7.08. The van der Waals surface area contributed by atoms with Crippen LogP contribution in [0.1, 0.15) is 5.69 Å². The fourth-order valence-electron chi connectivity index (χ4n) is 2.43. The molecule has 0 aliphatic rings. The molecule has 0 aliphatic heterocycles. The first-order chi connectivity index (χ1) is 12.1. The van der Waals surface area contributed by atoms with Crippen molar-refractivity contribution in [1.29, 1.82) is 0 Å². The molecule has 1 aromatic carbocycles. The third-order valence-electron chi connectivity index (χ3n) is 3.51. The first-order valence-corrected chi connectivity index (χ1v) is 8.65. The van der Waals surface area contributed by atoms with Gasteiger partial charge in [0.25, 0.3) is 0 Å². The zero-order valence-electron chi connectivity index (χ0n) is 13.4. The number of fused-ring (bicyclic) bond motifs is 1. The van der Waals surface area contributed by atoms with Crippen LogP contribution in [0.4, 0.5) is 11.8 Å². The van der Waals surface area contributed by atoms with Gasteiger partial charge in [0, 0.05) is 22.7 Å². The smallest absolute Gasteiger partial charge is 0.249 e. The van der Waals surface area contributed by atoms with Crippen molar-refractivity contribution in [3.63, 3.8) is 0 Å². The maximum atomic E-state index is 5.89. The zero-order valence-corrected chi connectivity index (χ0v) is 15.0. The molecule has 0 atom stereocenters. The molecule has 0 fully saturated rings. The summed E-state index contributed by atoms with van der Waals surface area (Å²) in [5.41, 5.74) is 2.71. The molecule has 0 saturated heterocycles. The Hall–Kier alpha value is -2.71. The quantitative estimate of drug-likeness (QED) is 0.546. The van der Waals surface area contributed by atoms with E-state index in [9.17, 15) is 0 Å². The van der Waals surface area contributed by atoms with Gasteiger partial charge in [0.2, 0.25) is 16.2 Å². The summed E-state index contributed by atoms with van der Waals surface area (Å²) in [7, 11) is 1.65. The normalized spacial score (nSPS) is 11.0. The first-order valence-electron chi connectivity index (χ1n) is 7.39. The van der Waals surface area contributed by atoms with E-state index in [1.165, 1.54) is 11.3 Å². The van der Waals surface area contributed by atoms with Gasteiger partial charge in [-0.15, -0.1) is 16.4 Å². The molecular formula is C16H13ClN6OS. The third-order valence-corrected chi connectivity index (χ3v) is 4.50. The molecule has 0 spiro atoms. The van der Waals surface area contributed by atoms with Crippen molar-refractivity contribution in [3.05, 3.63) is 46.7 Å². The van der Waals surface area contributed by atoms with Gasteiger partial charge < -0.3 is 10.1 Å². The number of benzene rings is 1. The highest BCUT2D eigenvalue weighted by atomic mass is 35.5. The number of aryl methyl sites for hydroxylation is 1. The van der Waals surface area contributed by atoms with E-state index in [1.807, 2.05) is 36.6 Å². The summed E-state index contributed by atoms with van der Waals surface area (Å²) in [6.45, 7) is 1.85. The molecule has 3 aromatic heterocycles. The number of anilines is 2. The number of nitrogens with one attached hydrogen (secondary N) is 1. The van der Waals surface area contributed by atoms with Gasteiger partial charge in [-0.3, -0.25) is 0 Å². The van der Waals surface area contributed by atoms with Gasteiger partial charge in [-0.2, -0.15) is 4.98 Å². The van der Waals surface area contributed by atoms with Crippen LogP contribution in [0.3, 0.4) is 0 Å². The molecule has 0 aliphatic carbocycles. The first kappa shape index (κ1) is 15.8. The second kappa shape index (κ2) is 6.30. The fraction of sp³-hybridized carbons (Fsp3) is 0.125. The Bertz CT molecular complexity index is 1040. The Morgan fingerprint density at radius 3 is 2.88 bits per heavy atom. The highest BCUT2D eigenvalue weighted by Gasteiger charge is 2.13. The highest BCUT2D eigenvalue weighted by molar-refractivity contribution is 7.15. The highest BCUT2D eigenvalue weighted by Crippen LogP contribution is 2.28. The predicted octanol–water partition coefficient (Wildman–Crippen LogP) is 3.96. The molecule has 0 amide bonds. The van der Waals surface area contributed by atoms with Crippen LogP contribution in [0.25, 0.3) is 16.2 Å². The van der Waals surface area contributed by atoms with Crippen LogP contribution in [0.2, 0.25) is 5.28 Å². The van der Waals surface area contributed by atoms with E-state index in [0.29, 0.717) is 11.8 Å². The van der Waals surface area contributed by atoms with E-state index in [2.05, 4.69) is 25.4 Å². The Balaban J connectivity index is 1.70. The van der Waals surface area contributed by atoms with Crippen LogP contribution >= 0.6 is 22.9 Å². The van der Waals surface area contributed by atoms with Gasteiger partial charge in [0.1, 0.15) is 11.6 Å². The van der Waals surface area contributed by atoms with Crippen molar-refractivity contribution < 1.29 is 4.74 Å².